The molecule has 1 aliphatic carbocycles. The number of hydrogen-bond donors (Lipinski definition) is 1. The summed E-state index contributed by atoms with van der Waals surface area (Å²) in [4.78, 5) is 6.93. The Morgan fingerprint density at radius 1 is 1.24 bits per heavy atom. The van der Waals surface area contributed by atoms with Gasteiger partial charge in [0.25, 0.3) is 0 Å². The average Bonchev–Trinajstić information content (AvgIpc) is 3.24. The minimum Gasteiger partial charge on any atom is -0.338 e. The third-order valence-electron chi connectivity index (χ3n) is 4.60. The molecule has 0 atom stereocenters. The first-order chi connectivity index (χ1) is 10.3. The van der Waals surface area contributed by atoms with Gasteiger partial charge in [0.15, 0.2) is 5.82 Å². The van der Waals surface area contributed by atoms with Gasteiger partial charge in [-0.15, -0.1) is 0 Å². The van der Waals surface area contributed by atoms with Crippen LogP contribution in [0.4, 0.5) is 0 Å². The molecular formula is C16H28N4O. The molecule has 2 aliphatic rings. The average molecular weight is 292 g/mol. The van der Waals surface area contributed by atoms with E-state index in [1.165, 1.54) is 38.6 Å². The second-order valence-corrected chi connectivity index (χ2v) is 6.61. The molecule has 0 aromatic carbocycles. The zero-order chi connectivity index (χ0) is 14.5. The lowest BCUT2D eigenvalue weighted by atomic mass is 10.0. The molecule has 1 aromatic heterocycles. The van der Waals surface area contributed by atoms with Crippen LogP contribution in [-0.2, 0) is 13.0 Å². The van der Waals surface area contributed by atoms with Crippen LogP contribution in [0, 0.1) is 5.92 Å². The molecule has 2 heterocycles. The van der Waals surface area contributed by atoms with Crippen LogP contribution in [0.15, 0.2) is 4.52 Å². The Morgan fingerprint density at radius 2 is 2.05 bits per heavy atom. The molecule has 5 nitrogen and oxygen atoms in total. The van der Waals surface area contributed by atoms with E-state index in [2.05, 4.69) is 27.3 Å². The number of hydrogen-bond acceptors (Lipinski definition) is 5. The van der Waals surface area contributed by atoms with Gasteiger partial charge in [-0.1, -0.05) is 18.5 Å². The maximum atomic E-state index is 5.36. The molecular weight excluding hydrogens is 264 g/mol. The fourth-order valence-electron chi connectivity index (χ4n) is 2.93. The fraction of sp³-hybridized carbons (Fsp3) is 0.875. The SMILES string of the molecule is CCCCc1noc(CN2CCC(NCC3CC3)CC2)n1. The van der Waals surface area contributed by atoms with E-state index in [9.17, 15) is 0 Å². The van der Waals surface area contributed by atoms with Gasteiger partial charge < -0.3 is 9.84 Å². The van der Waals surface area contributed by atoms with Crippen molar-refractivity contribution in [1.82, 2.24) is 20.4 Å². The fourth-order valence-corrected chi connectivity index (χ4v) is 2.93. The summed E-state index contributed by atoms with van der Waals surface area (Å²) in [6, 6.07) is 0.713. The van der Waals surface area contributed by atoms with E-state index < -0.39 is 0 Å². The smallest absolute Gasteiger partial charge is 0.240 e. The highest BCUT2D eigenvalue weighted by molar-refractivity contribution is 4.88. The minimum atomic E-state index is 0.713. The van der Waals surface area contributed by atoms with E-state index >= 15 is 0 Å². The van der Waals surface area contributed by atoms with Crippen LogP contribution < -0.4 is 5.32 Å². The van der Waals surface area contributed by atoms with E-state index in [4.69, 9.17) is 4.52 Å². The molecule has 2 fully saturated rings. The third kappa shape index (κ3) is 4.78. The van der Waals surface area contributed by atoms with Gasteiger partial charge in [-0.3, -0.25) is 4.90 Å². The molecule has 1 saturated heterocycles. The van der Waals surface area contributed by atoms with Crippen LogP contribution in [-0.4, -0.2) is 40.7 Å². The maximum Gasteiger partial charge on any atom is 0.240 e. The van der Waals surface area contributed by atoms with Crippen molar-refractivity contribution >= 4 is 0 Å². The highest BCUT2D eigenvalue weighted by atomic mass is 16.5. The van der Waals surface area contributed by atoms with Crippen LogP contribution >= 0.6 is 0 Å². The second kappa shape index (κ2) is 7.36. The molecule has 118 valence electrons. The summed E-state index contributed by atoms with van der Waals surface area (Å²) in [5, 5.41) is 7.78. The molecule has 5 heteroatoms. The Balaban J connectivity index is 1.37. The molecule has 21 heavy (non-hydrogen) atoms. The summed E-state index contributed by atoms with van der Waals surface area (Å²) < 4.78 is 5.36. The van der Waals surface area contributed by atoms with Gasteiger partial charge >= 0.3 is 0 Å². The Bertz CT molecular complexity index is 422. The first-order valence-electron chi connectivity index (χ1n) is 8.60. The highest BCUT2D eigenvalue weighted by Crippen LogP contribution is 2.28. The van der Waals surface area contributed by atoms with Crippen LogP contribution in [0.1, 0.15) is 57.2 Å². The zero-order valence-electron chi connectivity index (χ0n) is 13.2. The van der Waals surface area contributed by atoms with Crippen molar-refractivity contribution in [3.05, 3.63) is 11.7 Å². The molecule has 1 aromatic rings. The minimum absolute atomic E-state index is 0.713. The van der Waals surface area contributed by atoms with Gasteiger partial charge in [0, 0.05) is 25.6 Å². The number of nitrogens with zero attached hydrogens (tertiary/aromatic N) is 3. The summed E-state index contributed by atoms with van der Waals surface area (Å²) >= 11 is 0. The summed E-state index contributed by atoms with van der Waals surface area (Å²) in [7, 11) is 0. The van der Waals surface area contributed by atoms with Crippen molar-refractivity contribution in [2.75, 3.05) is 19.6 Å². The lowest BCUT2D eigenvalue weighted by molar-refractivity contribution is 0.170. The molecule has 1 saturated carbocycles. The van der Waals surface area contributed by atoms with Gasteiger partial charge in [0.2, 0.25) is 5.89 Å². The Morgan fingerprint density at radius 3 is 2.76 bits per heavy atom. The summed E-state index contributed by atoms with van der Waals surface area (Å²) in [5.41, 5.74) is 0. The van der Waals surface area contributed by atoms with Crippen molar-refractivity contribution < 1.29 is 4.52 Å². The quantitative estimate of drug-likeness (QED) is 0.797. The summed E-state index contributed by atoms with van der Waals surface area (Å²) in [6.07, 6.45) is 8.59. The van der Waals surface area contributed by atoms with Gasteiger partial charge in [0.05, 0.1) is 6.54 Å². The molecule has 0 amide bonds. The second-order valence-electron chi connectivity index (χ2n) is 6.61. The number of likely N-dealkylation sites (tertiary alicyclic amines) is 1. The van der Waals surface area contributed by atoms with Gasteiger partial charge in [-0.05, 0) is 44.6 Å². The number of nitrogens with one attached hydrogen (secondary N) is 1. The lowest BCUT2D eigenvalue weighted by Crippen LogP contribution is -2.42. The number of piperidine rings is 1. The first-order valence-corrected chi connectivity index (χ1v) is 8.60. The van der Waals surface area contributed by atoms with E-state index in [-0.39, 0.29) is 0 Å². The number of unbranched alkanes of at least 4 members (excludes halogenated alkanes) is 1. The Kier molecular flexibility index (Phi) is 5.25. The van der Waals surface area contributed by atoms with Crippen molar-refractivity contribution in [2.24, 2.45) is 5.92 Å². The van der Waals surface area contributed by atoms with Crippen molar-refractivity contribution in [3.63, 3.8) is 0 Å². The summed E-state index contributed by atoms with van der Waals surface area (Å²) in [6.45, 7) is 6.50. The maximum absolute atomic E-state index is 5.36. The predicted molar refractivity (Wildman–Crippen MR) is 81.9 cm³/mol. The number of aromatic nitrogens is 2. The Hall–Kier alpha value is -0.940. The molecule has 0 spiro atoms. The van der Waals surface area contributed by atoms with E-state index in [1.54, 1.807) is 0 Å². The van der Waals surface area contributed by atoms with E-state index in [0.29, 0.717) is 6.04 Å². The molecule has 1 aliphatic heterocycles. The van der Waals surface area contributed by atoms with Crippen LogP contribution in [0.25, 0.3) is 0 Å². The molecule has 0 bridgehead atoms. The van der Waals surface area contributed by atoms with Gasteiger partial charge in [-0.25, -0.2) is 0 Å². The zero-order valence-corrected chi connectivity index (χ0v) is 13.2. The van der Waals surface area contributed by atoms with Crippen molar-refractivity contribution in [2.45, 2.75) is 64.5 Å². The molecule has 3 rings (SSSR count). The van der Waals surface area contributed by atoms with Crippen molar-refractivity contribution in [3.8, 4) is 0 Å². The summed E-state index contributed by atoms with van der Waals surface area (Å²) in [5.74, 6) is 2.63. The molecule has 0 radical (unpaired) electrons. The third-order valence-corrected chi connectivity index (χ3v) is 4.60. The molecule has 0 unspecified atom stereocenters. The largest absolute Gasteiger partial charge is 0.338 e. The van der Waals surface area contributed by atoms with Gasteiger partial charge in [-0.2, -0.15) is 4.98 Å². The Labute approximate surface area is 127 Å². The van der Waals surface area contributed by atoms with Crippen LogP contribution in [0.3, 0.4) is 0 Å². The number of rotatable bonds is 8. The predicted octanol–water partition coefficient (Wildman–Crippen LogP) is 2.38. The van der Waals surface area contributed by atoms with E-state index in [0.717, 1.165) is 50.1 Å². The first kappa shape index (κ1) is 15.0. The monoisotopic (exact) mass is 292 g/mol. The topological polar surface area (TPSA) is 54.2 Å². The van der Waals surface area contributed by atoms with Gasteiger partial charge in [0.1, 0.15) is 0 Å². The van der Waals surface area contributed by atoms with Crippen LogP contribution in [0.2, 0.25) is 0 Å². The normalized spacial score (nSPS) is 21.0. The standard InChI is InChI=1S/C16H28N4O/c1-2-3-4-15-18-16(21-19-15)12-20-9-7-14(8-10-20)17-11-13-5-6-13/h13-14,17H,2-12H2,1H3. The lowest BCUT2D eigenvalue weighted by Gasteiger charge is -2.31. The molecule has 1 N–H and O–H groups in total. The number of aryl methyl sites for hydroxylation is 1. The highest BCUT2D eigenvalue weighted by Gasteiger charge is 2.24. The van der Waals surface area contributed by atoms with Crippen molar-refractivity contribution in [1.29, 1.82) is 0 Å². The van der Waals surface area contributed by atoms with E-state index in [1.807, 2.05) is 0 Å². The van der Waals surface area contributed by atoms with Crippen LogP contribution in [0.5, 0.6) is 0 Å².